The number of nitrogens with one attached hydrogen (secondary N) is 2. The average molecular weight is 467 g/mol. The molecule has 2 unspecified atom stereocenters. The van der Waals surface area contributed by atoms with Crippen molar-refractivity contribution in [1.82, 2.24) is 10.6 Å². The van der Waals surface area contributed by atoms with Crippen LogP contribution in [0, 0.1) is 0 Å². The summed E-state index contributed by atoms with van der Waals surface area (Å²) in [6, 6.07) is 13.2. The number of nitrogens with two attached hydrogens (primary N) is 2. The highest BCUT2D eigenvalue weighted by Crippen LogP contribution is 2.11. The van der Waals surface area contributed by atoms with Crippen molar-refractivity contribution >= 4 is 41.4 Å². The molecule has 0 heterocycles. The minimum absolute atomic E-state index is 0.0271. The zero-order chi connectivity index (χ0) is 24.9. The van der Waals surface area contributed by atoms with E-state index >= 15 is 0 Å². The lowest BCUT2D eigenvalue weighted by Gasteiger charge is -2.18. The Morgan fingerprint density at radius 2 is 1.44 bits per heavy atom. The molecule has 34 heavy (non-hydrogen) atoms. The molecular formula is C25H30N4O5. The van der Waals surface area contributed by atoms with Crippen molar-refractivity contribution in [2.24, 2.45) is 0 Å². The van der Waals surface area contributed by atoms with Crippen LogP contribution in [0.5, 0.6) is 0 Å². The molecule has 2 aromatic carbocycles. The summed E-state index contributed by atoms with van der Waals surface area (Å²) in [6.07, 6.45) is 5.03. The van der Waals surface area contributed by atoms with Gasteiger partial charge in [-0.05, 0) is 54.6 Å². The van der Waals surface area contributed by atoms with Crippen molar-refractivity contribution < 1.29 is 23.9 Å². The fraction of sp³-hybridized carbons (Fsp3) is 0.240. The number of esters is 2. The third-order valence-electron chi connectivity index (χ3n) is 4.75. The predicted octanol–water partition coefficient (Wildman–Crippen LogP) is 1.76. The Bertz CT molecular complexity index is 1020. The molecule has 0 aliphatic heterocycles. The monoisotopic (exact) mass is 466 g/mol. The predicted molar refractivity (Wildman–Crippen MR) is 132 cm³/mol. The van der Waals surface area contributed by atoms with Crippen LogP contribution in [0.2, 0.25) is 0 Å². The first-order valence-corrected chi connectivity index (χ1v) is 10.6. The summed E-state index contributed by atoms with van der Waals surface area (Å²) in [4.78, 5) is 36.9. The lowest BCUT2D eigenvalue weighted by Crippen LogP contribution is -2.42. The Morgan fingerprint density at radius 1 is 0.882 bits per heavy atom. The Balaban J connectivity index is 2.08. The third kappa shape index (κ3) is 8.79. The average Bonchev–Trinajstić information content (AvgIpc) is 2.84. The van der Waals surface area contributed by atoms with E-state index in [0.717, 1.165) is 11.1 Å². The van der Waals surface area contributed by atoms with Gasteiger partial charge in [0.1, 0.15) is 12.6 Å². The van der Waals surface area contributed by atoms with Crippen LogP contribution in [-0.4, -0.2) is 50.7 Å². The highest BCUT2D eigenvalue weighted by molar-refractivity contribution is 5.88. The summed E-state index contributed by atoms with van der Waals surface area (Å²) in [7, 11) is 2.99. The Morgan fingerprint density at radius 3 is 1.97 bits per heavy atom. The van der Waals surface area contributed by atoms with Crippen molar-refractivity contribution in [3.63, 3.8) is 0 Å². The Labute approximate surface area is 198 Å². The molecule has 180 valence electrons. The number of amides is 1. The SMILES string of the molecule is CNC(=O)CC(NC)C(=O)OC(C=Cc1ccc(N)cc1)C(=O)OCC=Cc1ccc(N)cc1. The molecule has 0 saturated heterocycles. The normalized spacial score (nSPS) is 12.9. The van der Waals surface area contributed by atoms with E-state index in [9.17, 15) is 14.4 Å². The van der Waals surface area contributed by atoms with Crippen LogP contribution in [0.25, 0.3) is 12.2 Å². The number of likely N-dealkylation sites (N-methyl/N-ethyl adjacent to an activating group) is 1. The number of carbonyl (C=O) groups is 3. The fourth-order valence-corrected chi connectivity index (χ4v) is 2.77. The molecule has 0 bridgehead atoms. The van der Waals surface area contributed by atoms with Gasteiger partial charge in [0.05, 0.1) is 6.42 Å². The van der Waals surface area contributed by atoms with E-state index in [1.54, 1.807) is 54.6 Å². The zero-order valence-corrected chi connectivity index (χ0v) is 19.2. The maximum absolute atomic E-state index is 12.7. The van der Waals surface area contributed by atoms with E-state index in [1.807, 2.05) is 12.1 Å². The van der Waals surface area contributed by atoms with Crippen molar-refractivity contribution in [3.05, 3.63) is 71.8 Å². The van der Waals surface area contributed by atoms with Crippen molar-refractivity contribution in [3.8, 4) is 0 Å². The first kappa shape index (κ1) is 26.1. The molecule has 0 saturated carbocycles. The van der Waals surface area contributed by atoms with Gasteiger partial charge in [0.25, 0.3) is 0 Å². The van der Waals surface area contributed by atoms with E-state index in [1.165, 1.54) is 20.2 Å². The second kappa shape index (κ2) is 13.4. The van der Waals surface area contributed by atoms with Crippen molar-refractivity contribution in [1.29, 1.82) is 0 Å². The Kier molecular flexibility index (Phi) is 10.3. The molecule has 0 fully saturated rings. The van der Waals surface area contributed by atoms with Gasteiger partial charge in [0.15, 0.2) is 0 Å². The minimum atomic E-state index is -1.31. The first-order valence-electron chi connectivity index (χ1n) is 10.6. The van der Waals surface area contributed by atoms with Gasteiger partial charge in [-0.25, -0.2) is 4.79 Å². The smallest absolute Gasteiger partial charge is 0.351 e. The largest absolute Gasteiger partial charge is 0.458 e. The number of anilines is 2. The second-order valence-electron chi connectivity index (χ2n) is 7.30. The van der Waals surface area contributed by atoms with Crippen LogP contribution < -0.4 is 22.1 Å². The standard InChI is InChI=1S/C25H30N4O5/c1-28-21(16-23(30)29-2)24(31)34-22(14-9-18-7-12-20(27)13-8-18)25(32)33-15-3-4-17-5-10-19(26)11-6-17/h3-14,21-22,28H,15-16,26-27H2,1-2H3,(H,29,30). The van der Waals surface area contributed by atoms with Gasteiger partial charge in [-0.2, -0.15) is 0 Å². The zero-order valence-electron chi connectivity index (χ0n) is 19.2. The fourth-order valence-electron chi connectivity index (χ4n) is 2.77. The van der Waals surface area contributed by atoms with Crippen LogP contribution in [-0.2, 0) is 23.9 Å². The highest BCUT2D eigenvalue weighted by Gasteiger charge is 2.27. The molecule has 2 aromatic rings. The first-order chi connectivity index (χ1) is 16.3. The molecule has 6 N–H and O–H groups in total. The molecule has 0 aliphatic carbocycles. The Hall–Kier alpha value is -4.11. The highest BCUT2D eigenvalue weighted by atomic mass is 16.6. The molecule has 2 atom stereocenters. The topological polar surface area (TPSA) is 146 Å². The van der Waals surface area contributed by atoms with E-state index < -0.39 is 24.1 Å². The molecule has 0 aliphatic rings. The van der Waals surface area contributed by atoms with Crippen molar-refractivity contribution in [2.75, 3.05) is 32.2 Å². The van der Waals surface area contributed by atoms with Gasteiger partial charge in [-0.15, -0.1) is 0 Å². The molecular weight excluding hydrogens is 436 g/mol. The number of ether oxygens (including phenoxy) is 2. The van der Waals surface area contributed by atoms with Crippen LogP contribution >= 0.6 is 0 Å². The maximum Gasteiger partial charge on any atom is 0.351 e. The van der Waals surface area contributed by atoms with E-state index in [2.05, 4.69) is 10.6 Å². The van der Waals surface area contributed by atoms with Gasteiger partial charge in [0.2, 0.25) is 12.0 Å². The minimum Gasteiger partial charge on any atom is -0.458 e. The van der Waals surface area contributed by atoms with Gasteiger partial charge >= 0.3 is 11.9 Å². The quantitative estimate of drug-likeness (QED) is 0.289. The maximum atomic E-state index is 12.7. The lowest BCUT2D eigenvalue weighted by atomic mass is 10.1. The van der Waals surface area contributed by atoms with Crippen LogP contribution in [0.4, 0.5) is 11.4 Å². The third-order valence-corrected chi connectivity index (χ3v) is 4.75. The number of nitrogen functional groups attached to an aromatic ring is 2. The van der Waals surface area contributed by atoms with E-state index in [0.29, 0.717) is 11.4 Å². The number of carbonyl (C=O) groups excluding carboxylic acids is 3. The molecule has 1 amide bonds. The van der Waals surface area contributed by atoms with E-state index in [-0.39, 0.29) is 18.9 Å². The van der Waals surface area contributed by atoms with Crippen LogP contribution in [0.3, 0.4) is 0 Å². The summed E-state index contributed by atoms with van der Waals surface area (Å²) in [6.45, 7) is -0.0271. The molecule has 0 radical (unpaired) electrons. The van der Waals surface area contributed by atoms with Crippen LogP contribution in [0.15, 0.2) is 60.7 Å². The molecule has 0 spiro atoms. The van der Waals surface area contributed by atoms with E-state index in [4.69, 9.17) is 20.9 Å². The molecule has 9 heteroatoms. The number of hydrogen-bond donors (Lipinski definition) is 4. The molecule has 2 rings (SSSR count). The van der Waals surface area contributed by atoms with Gasteiger partial charge in [0, 0.05) is 18.4 Å². The summed E-state index contributed by atoms with van der Waals surface area (Å²) in [5, 5.41) is 5.17. The van der Waals surface area contributed by atoms with Gasteiger partial charge in [-0.3, -0.25) is 9.59 Å². The summed E-state index contributed by atoms with van der Waals surface area (Å²) in [5.74, 6) is -1.86. The van der Waals surface area contributed by atoms with Crippen LogP contribution in [0.1, 0.15) is 17.5 Å². The summed E-state index contributed by atoms with van der Waals surface area (Å²) in [5.41, 5.74) is 14.2. The van der Waals surface area contributed by atoms with Gasteiger partial charge < -0.3 is 31.6 Å². The summed E-state index contributed by atoms with van der Waals surface area (Å²) >= 11 is 0. The molecule has 0 aromatic heterocycles. The van der Waals surface area contributed by atoms with Crippen molar-refractivity contribution in [2.45, 2.75) is 18.6 Å². The lowest BCUT2D eigenvalue weighted by molar-refractivity contribution is -0.165. The van der Waals surface area contributed by atoms with Gasteiger partial charge in [-0.1, -0.05) is 36.4 Å². The second-order valence-corrected chi connectivity index (χ2v) is 7.30. The summed E-state index contributed by atoms with van der Waals surface area (Å²) < 4.78 is 10.7. The number of hydrogen-bond acceptors (Lipinski definition) is 8. The number of rotatable bonds is 11. The number of benzene rings is 2. The molecule has 9 nitrogen and oxygen atoms in total.